The van der Waals surface area contributed by atoms with Gasteiger partial charge >= 0.3 is 0 Å². The molecule has 2 rings (SSSR count). The molecule has 0 amide bonds. The van der Waals surface area contributed by atoms with Gasteiger partial charge in [-0.3, -0.25) is 4.79 Å². The standard InChI is InChI=1S/C10H12O3/c11-10(8-3-5-12-7-8)6-9-2-1-4-13-9/h1-2,4,8H,3,5-7H2. The molecule has 1 aliphatic heterocycles. The monoisotopic (exact) mass is 180 g/mol. The molecule has 1 atom stereocenters. The summed E-state index contributed by atoms with van der Waals surface area (Å²) in [7, 11) is 0. The first-order valence-corrected chi connectivity index (χ1v) is 4.49. The summed E-state index contributed by atoms with van der Waals surface area (Å²) in [6, 6.07) is 3.63. The molecule has 0 bridgehead atoms. The van der Waals surface area contributed by atoms with E-state index < -0.39 is 0 Å². The predicted molar refractivity (Wildman–Crippen MR) is 46.3 cm³/mol. The van der Waals surface area contributed by atoms with E-state index in [1.54, 1.807) is 12.3 Å². The van der Waals surface area contributed by atoms with Crippen LogP contribution in [0.2, 0.25) is 0 Å². The van der Waals surface area contributed by atoms with Crippen LogP contribution in [0.3, 0.4) is 0 Å². The highest BCUT2D eigenvalue weighted by Crippen LogP contribution is 2.16. The zero-order valence-electron chi connectivity index (χ0n) is 7.36. The van der Waals surface area contributed by atoms with E-state index in [9.17, 15) is 4.79 Å². The fourth-order valence-corrected chi connectivity index (χ4v) is 1.52. The Balaban J connectivity index is 1.91. The molecule has 0 N–H and O–H groups in total. The van der Waals surface area contributed by atoms with Gasteiger partial charge in [-0.1, -0.05) is 0 Å². The first-order chi connectivity index (χ1) is 6.36. The van der Waals surface area contributed by atoms with Gasteiger partial charge < -0.3 is 9.15 Å². The smallest absolute Gasteiger partial charge is 0.145 e. The summed E-state index contributed by atoms with van der Waals surface area (Å²) in [5.41, 5.74) is 0. The number of rotatable bonds is 3. The van der Waals surface area contributed by atoms with Crippen molar-refractivity contribution >= 4 is 5.78 Å². The second-order valence-electron chi connectivity index (χ2n) is 3.28. The summed E-state index contributed by atoms with van der Waals surface area (Å²) < 4.78 is 10.2. The van der Waals surface area contributed by atoms with Crippen LogP contribution in [-0.2, 0) is 16.0 Å². The average molecular weight is 180 g/mol. The third-order valence-electron chi connectivity index (χ3n) is 2.31. The van der Waals surface area contributed by atoms with Gasteiger partial charge in [0.05, 0.1) is 19.3 Å². The van der Waals surface area contributed by atoms with E-state index in [-0.39, 0.29) is 11.7 Å². The van der Waals surface area contributed by atoms with E-state index in [1.807, 2.05) is 6.07 Å². The minimum absolute atomic E-state index is 0.0881. The number of hydrogen-bond acceptors (Lipinski definition) is 3. The Labute approximate surface area is 76.7 Å². The van der Waals surface area contributed by atoms with E-state index >= 15 is 0 Å². The molecule has 13 heavy (non-hydrogen) atoms. The normalized spacial score (nSPS) is 22.0. The first-order valence-electron chi connectivity index (χ1n) is 4.49. The Morgan fingerprint density at radius 3 is 3.15 bits per heavy atom. The molecule has 0 radical (unpaired) electrons. The number of furan rings is 1. The van der Waals surface area contributed by atoms with Crippen LogP contribution in [0, 0.1) is 5.92 Å². The number of carbonyl (C=O) groups excluding carboxylic acids is 1. The van der Waals surface area contributed by atoms with Gasteiger partial charge in [-0.15, -0.1) is 0 Å². The van der Waals surface area contributed by atoms with Crippen LogP contribution in [-0.4, -0.2) is 19.0 Å². The Kier molecular flexibility index (Phi) is 2.45. The molecule has 0 spiro atoms. The van der Waals surface area contributed by atoms with E-state index in [1.165, 1.54) is 0 Å². The van der Waals surface area contributed by atoms with Crippen molar-refractivity contribution in [3.63, 3.8) is 0 Å². The predicted octanol–water partition coefficient (Wildman–Crippen LogP) is 1.43. The molecule has 1 aromatic heterocycles. The van der Waals surface area contributed by atoms with Crippen molar-refractivity contribution in [3.8, 4) is 0 Å². The lowest BCUT2D eigenvalue weighted by molar-refractivity contribution is -0.122. The second-order valence-corrected chi connectivity index (χ2v) is 3.28. The highest BCUT2D eigenvalue weighted by Gasteiger charge is 2.23. The zero-order chi connectivity index (χ0) is 9.10. The van der Waals surface area contributed by atoms with Crippen molar-refractivity contribution in [3.05, 3.63) is 24.2 Å². The zero-order valence-corrected chi connectivity index (χ0v) is 7.36. The van der Waals surface area contributed by atoms with E-state index in [2.05, 4.69) is 0 Å². The van der Waals surface area contributed by atoms with Gasteiger partial charge in [0, 0.05) is 12.5 Å². The van der Waals surface area contributed by atoms with E-state index in [0.717, 1.165) is 12.2 Å². The molecule has 70 valence electrons. The quantitative estimate of drug-likeness (QED) is 0.706. The summed E-state index contributed by atoms with van der Waals surface area (Å²) >= 11 is 0. The molecule has 1 fully saturated rings. The SMILES string of the molecule is O=C(Cc1ccco1)C1CCOC1. The van der Waals surface area contributed by atoms with Crippen molar-refractivity contribution in [1.82, 2.24) is 0 Å². The molecule has 3 heteroatoms. The Bertz CT molecular complexity index is 270. The van der Waals surface area contributed by atoms with Gasteiger partial charge in [0.2, 0.25) is 0 Å². The molecule has 0 saturated carbocycles. The molecular formula is C10H12O3. The number of Topliss-reactive ketones (excluding diaryl/α,β-unsaturated/α-hetero) is 1. The van der Waals surface area contributed by atoms with Crippen molar-refractivity contribution in [1.29, 1.82) is 0 Å². The highest BCUT2D eigenvalue weighted by atomic mass is 16.5. The lowest BCUT2D eigenvalue weighted by atomic mass is 10.0. The molecule has 0 aromatic carbocycles. The summed E-state index contributed by atoms with van der Waals surface area (Å²) in [5, 5.41) is 0. The van der Waals surface area contributed by atoms with Gasteiger partial charge in [-0.05, 0) is 18.6 Å². The van der Waals surface area contributed by atoms with Gasteiger partial charge in [0.1, 0.15) is 11.5 Å². The van der Waals surface area contributed by atoms with Gasteiger partial charge in [0.25, 0.3) is 0 Å². The molecule has 2 heterocycles. The molecule has 1 aromatic rings. The van der Waals surface area contributed by atoms with Crippen molar-refractivity contribution in [2.45, 2.75) is 12.8 Å². The topological polar surface area (TPSA) is 39.4 Å². The maximum Gasteiger partial charge on any atom is 0.145 e. The van der Waals surface area contributed by atoms with Gasteiger partial charge in [-0.25, -0.2) is 0 Å². The average Bonchev–Trinajstić information content (AvgIpc) is 2.74. The molecule has 1 unspecified atom stereocenters. The first kappa shape index (κ1) is 8.51. The summed E-state index contributed by atoms with van der Waals surface area (Å²) in [4.78, 5) is 11.6. The van der Waals surface area contributed by atoms with Crippen molar-refractivity contribution < 1.29 is 13.9 Å². The van der Waals surface area contributed by atoms with Crippen LogP contribution < -0.4 is 0 Å². The Hall–Kier alpha value is -1.09. The summed E-state index contributed by atoms with van der Waals surface area (Å²) in [6.07, 6.45) is 2.86. The number of carbonyl (C=O) groups is 1. The lowest BCUT2D eigenvalue weighted by Gasteiger charge is -2.03. The van der Waals surface area contributed by atoms with E-state index in [0.29, 0.717) is 19.6 Å². The second kappa shape index (κ2) is 3.75. The lowest BCUT2D eigenvalue weighted by Crippen LogP contribution is -2.16. The van der Waals surface area contributed by atoms with Crippen LogP contribution in [0.1, 0.15) is 12.2 Å². The van der Waals surface area contributed by atoms with Crippen LogP contribution >= 0.6 is 0 Å². The summed E-state index contributed by atoms with van der Waals surface area (Å²) in [6.45, 7) is 1.30. The highest BCUT2D eigenvalue weighted by molar-refractivity contribution is 5.83. The minimum Gasteiger partial charge on any atom is -0.469 e. The van der Waals surface area contributed by atoms with Crippen LogP contribution in [0.5, 0.6) is 0 Å². The number of ether oxygens (including phenoxy) is 1. The molecule has 1 aliphatic rings. The van der Waals surface area contributed by atoms with Crippen LogP contribution in [0.4, 0.5) is 0 Å². The molecule has 0 aliphatic carbocycles. The van der Waals surface area contributed by atoms with E-state index in [4.69, 9.17) is 9.15 Å². The van der Waals surface area contributed by atoms with Gasteiger partial charge in [-0.2, -0.15) is 0 Å². The van der Waals surface area contributed by atoms with Crippen molar-refractivity contribution in [2.75, 3.05) is 13.2 Å². The third kappa shape index (κ3) is 1.98. The molecular weight excluding hydrogens is 168 g/mol. The maximum absolute atomic E-state index is 11.6. The fraction of sp³-hybridized carbons (Fsp3) is 0.500. The third-order valence-corrected chi connectivity index (χ3v) is 2.31. The molecule has 3 nitrogen and oxygen atoms in total. The van der Waals surface area contributed by atoms with Crippen LogP contribution in [0.25, 0.3) is 0 Å². The number of hydrogen-bond donors (Lipinski definition) is 0. The summed E-state index contributed by atoms with van der Waals surface area (Å²) in [5.74, 6) is 1.06. The fourth-order valence-electron chi connectivity index (χ4n) is 1.52. The molecule has 1 saturated heterocycles. The Morgan fingerprint density at radius 1 is 1.62 bits per heavy atom. The van der Waals surface area contributed by atoms with Crippen LogP contribution in [0.15, 0.2) is 22.8 Å². The van der Waals surface area contributed by atoms with Crippen molar-refractivity contribution in [2.24, 2.45) is 5.92 Å². The Morgan fingerprint density at radius 2 is 2.54 bits per heavy atom. The number of ketones is 1. The largest absolute Gasteiger partial charge is 0.469 e. The minimum atomic E-state index is 0.0881. The van der Waals surface area contributed by atoms with Gasteiger partial charge in [0.15, 0.2) is 0 Å². The maximum atomic E-state index is 11.6.